The van der Waals surface area contributed by atoms with E-state index in [9.17, 15) is 4.79 Å². The SMILES string of the molecule is CCOc1ccc(CC(=O)Nc2cccc(-c3nnc4n3CCCC4)c2)cc1. The Kier molecular flexibility index (Phi) is 5.37. The molecule has 144 valence electrons. The summed E-state index contributed by atoms with van der Waals surface area (Å²) in [6, 6.07) is 15.4. The lowest BCUT2D eigenvalue weighted by Gasteiger charge is -2.15. The number of carbonyl (C=O) groups is 1. The van der Waals surface area contributed by atoms with Gasteiger partial charge in [-0.1, -0.05) is 24.3 Å². The van der Waals surface area contributed by atoms with Crippen molar-refractivity contribution >= 4 is 11.6 Å². The number of aryl methyl sites for hydroxylation is 1. The highest BCUT2D eigenvalue weighted by atomic mass is 16.5. The molecule has 0 saturated carbocycles. The van der Waals surface area contributed by atoms with Gasteiger partial charge in [0.25, 0.3) is 0 Å². The molecule has 0 unspecified atom stereocenters. The Labute approximate surface area is 164 Å². The lowest BCUT2D eigenvalue weighted by Crippen LogP contribution is -2.14. The van der Waals surface area contributed by atoms with E-state index in [1.165, 1.54) is 6.42 Å². The van der Waals surface area contributed by atoms with Crippen LogP contribution in [-0.4, -0.2) is 27.3 Å². The number of hydrogen-bond acceptors (Lipinski definition) is 4. The molecular formula is C22H24N4O2. The van der Waals surface area contributed by atoms with Gasteiger partial charge in [-0.25, -0.2) is 0 Å². The van der Waals surface area contributed by atoms with Crippen molar-refractivity contribution in [3.05, 3.63) is 59.9 Å². The fraction of sp³-hybridized carbons (Fsp3) is 0.318. The van der Waals surface area contributed by atoms with Crippen molar-refractivity contribution in [3.63, 3.8) is 0 Å². The summed E-state index contributed by atoms with van der Waals surface area (Å²) in [4.78, 5) is 12.4. The van der Waals surface area contributed by atoms with E-state index in [1.807, 2.05) is 55.5 Å². The van der Waals surface area contributed by atoms with Crippen LogP contribution < -0.4 is 10.1 Å². The quantitative estimate of drug-likeness (QED) is 0.709. The molecule has 0 aliphatic carbocycles. The largest absolute Gasteiger partial charge is 0.494 e. The van der Waals surface area contributed by atoms with Gasteiger partial charge in [0.2, 0.25) is 5.91 Å². The number of amides is 1. The number of ether oxygens (including phenoxy) is 1. The zero-order valence-electron chi connectivity index (χ0n) is 16.0. The molecule has 4 rings (SSSR count). The maximum atomic E-state index is 12.4. The van der Waals surface area contributed by atoms with Crippen LogP contribution in [0.2, 0.25) is 0 Å². The summed E-state index contributed by atoms with van der Waals surface area (Å²) in [6.45, 7) is 3.53. The zero-order chi connectivity index (χ0) is 19.3. The first-order chi connectivity index (χ1) is 13.7. The number of nitrogens with one attached hydrogen (secondary N) is 1. The molecule has 1 amide bonds. The highest BCUT2D eigenvalue weighted by Gasteiger charge is 2.17. The van der Waals surface area contributed by atoms with Crippen molar-refractivity contribution in [2.24, 2.45) is 0 Å². The molecule has 0 radical (unpaired) electrons. The van der Waals surface area contributed by atoms with Crippen molar-refractivity contribution in [1.82, 2.24) is 14.8 Å². The van der Waals surface area contributed by atoms with Crippen LogP contribution in [0.3, 0.4) is 0 Å². The molecule has 1 aromatic heterocycles. The van der Waals surface area contributed by atoms with E-state index in [0.717, 1.165) is 53.6 Å². The topological polar surface area (TPSA) is 69.0 Å². The fourth-order valence-corrected chi connectivity index (χ4v) is 3.52. The van der Waals surface area contributed by atoms with Gasteiger partial charge >= 0.3 is 0 Å². The molecule has 1 N–H and O–H groups in total. The van der Waals surface area contributed by atoms with E-state index in [4.69, 9.17) is 4.74 Å². The van der Waals surface area contributed by atoms with Gasteiger partial charge in [-0.3, -0.25) is 4.79 Å². The molecule has 1 aliphatic rings. The third-order valence-corrected chi connectivity index (χ3v) is 4.86. The lowest BCUT2D eigenvalue weighted by molar-refractivity contribution is -0.115. The average Bonchev–Trinajstić information content (AvgIpc) is 3.14. The fourth-order valence-electron chi connectivity index (χ4n) is 3.52. The van der Waals surface area contributed by atoms with Crippen molar-refractivity contribution in [2.45, 2.75) is 39.2 Å². The molecule has 0 bridgehead atoms. The standard InChI is InChI=1S/C22H24N4O2/c1-2-28-19-11-9-16(10-12-19)14-21(27)23-18-7-5-6-17(15-18)22-25-24-20-8-3-4-13-26(20)22/h5-7,9-12,15H,2-4,8,13-14H2,1H3,(H,23,27). The minimum Gasteiger partial charge on any atom is -0.494 e. The summed E-state index contributed by atoms with van der Waals surface area (Å²) >= 11 is 0. The molecule has 0 saturated heterocycles. The Balaban J connectivity index is 1.44. The minimum absolute atomic E-state index is 0.0513. The Hall–Kier alpha value is -3.15. The van der Waals surface area contributed by atoms with E-state index in [-0.39, 0.29) is 5.91 Å². The van der Waals surface area contributed by atoms with E-state index >= 15 is 0 Å². The summed E-state index contributed by atoms with van der Waals surface area (Å²) in [5, 5.41) is 11.7. The van der Waals surface area contributed by atoms with Crippen LogP contribution in [0.4, 0.5) is 5.69 Å². The van der Waals surface area contributed by atoms with Crippen molar-refractivity contribution in [1.29, 1.82) is 0 Å². The molecule has 6 heteroatoms. The predicted molar refractivity (Wildman–Crippen MR) is 108 cm³/mol. The third kappa shape index (κ3) is 4.06. The first-order valence-electron chi connectivity index (χ1n) is 9.77. The summed E-state index contributed by atoms with van der Waals surface area (Å²) in [6.07, 6.45) is 3.61. The van der Waals surface area contributed by atoms with Crippen LogP contribution in [0.25, 0.3) is 11.4 Å². The monoisotopic (exact) mass is 376 g/mol. The molecule has 2 heterocycles. The first-order valence-corrected chi connectivity index (χ1v) is 9.77. The number of aromatic nitrogens is 3. The molecule has 0 spiro atoms. The minimum atomic E-state index is -0.0513. The van der Waals surface area contributed by atoms with Gasteiger partial charge in [0.15, 0.2) is 5.82 Å². The number of fused-ring (bicyclic) bond motifs is 1. The summed E-state index contributed by atoms with van der Waals surface area (Å²) in [5.74, 6) is 2.68. The number of rotatable bonds is 6. The molecule has 0 fully saturated rings. The number of hydrogen-bond donors (Lipinski definition) is 1. The Morgan fingerprint density at radius 1 is 1.14 bits per heavy atom. The van der Waals surface area contributed by atoms with Crippen LogP contribution >= 0.6 is 0 Å². The number of anilines is 1. The Morgan fingerprint density at radius 2 is 2.00 bits per heavy atom. The second-order valence-corrected chi connectivity index (χ2v) is 6.93. The van der Waals surface area contributed by atoms with Crippen LogP contribution in [0.1, 0.15) is 31.2 Å². The predicted octanol–water partition coefficient (Wildman–Crippen LogP) is 3.86. The normalized spacial score (nSPS) is 13.0. The highest BCUT2D eigenvalue weighted by molar-refractivity contribution is 5.92. The number of benzene rings is 2. The van der Waals surface area contributed by atoms with Gasteiger partial charge in [0, 0.05) is 24.2 Å². The second-order valence-electron chi connectivity index (χ2n) is 6.93. The van der Waals surface area contributed by atoms with Crippen LogP contribution in [-0.2, 0) is 24.2 Å². The molecule has 3 aromatic rings. The molecule has 1 aliphatic heterocycles. The lowest BCUT2D eigenvalue weighted by atomic mass is 10.1. The zero-order valence-corrected chi connectivity index (χ0v) is 16.0. The van der Waals surface area contributed by atoms with Gasteiger partial charge in [0.1, 0.15) is 11.6 Å². The smallest absolute Gasteiger partial charge is 0.228 e. The van der Waals surface area contributed by atoms with Crippen molar-refractivity contribution < 1.29 is 9.53 Å². The van der Waals surface area contributed by atoms with Gasteiger partial charge < -0.3 is 14.6 Å². The highest BCUT2D eigenvalue weighted by Crippen LogP contribution is 2.25. The van der Waals surface area contributed by atoms with Crippen molar-refractivity contribution in [3.8, 4) is 17.1 Å². The van der Waals surface area contributed by atoms with E-state index in [1.54, 1.807) is 0 Å². The maximum Gasteiger partial charge on any atom is 0.228 e. The van der Waals surface area contributed by atoms with E-state index in [0.29, 0.717) is 13.0 Å². The van der Waals surface area contributed by atoms with Crippen LogP contribution in [0.5, 0.6) is 5.75 Å². The second kappa shape index (κ2) is 8.25. The summed E-state index contributed by atoms with van der Waals surface area (Å²) in [5.41, 5.74) is 2.68. The third-order valence-electron chi connectivity index (χ3n) is 4.86. The van der Waals surface area contributed by atoms with Gasteiger partial charge in [-0.2, -0.15) is 0 Å². The Bertz CT molecular complexity index is 963. The van der Waals surface area contributed by atoms with Crippen LogP contribution in [0, 0.1) is 0 Å². The molecule has 0 atom stereocenters. The van der Waals surface area contributed by atoms with Crippen molar-refractivity contribution in [2.75, 3.05) is 11.9 Å². The number of carbonyl (C=O) groups excluding carboxylic acids is 1. The summed E-state index contributed by atoms with van der Waals surface area (Å²) in [7, 11) is 0. The molecule has 28 heavy (non-hydrogen) atoms. The summed E-state index contributed by atoms with van der Waals surface area (Å²) < 4.78 is 7.62. The average molecular weight is 376 g/mol. The Morgan fingerprint density at radius 3 is 2.82 bits per heavy atom. The van der Waals surface area contributed by atoms with Gasteiger partial charge in [-0.05, 0) is 49.6 Å². The molecule has 2 aromatic carbocycles. The van der Waals surface area contributed by atoms with Crippen LogP contribution in [0.15, 0.2) is 48.5 Å². The molecular weight excluding hydrogens is 352 g/mol. The van der Waals surface area contributed by atoms with Gasteiger partial charge in [0.05, 0.1) is 13.0 Å². The van der Waals surface area contributed by atoms with Gasteiger partial charge in [-0.15, -0.1) is 10.2 Å². The van der Waals surface area contributed by atoms with E-state index < -0.39 is 0 Å². The van der Waals surface area contributed by atoms with E-state index in [2.05, 4.69) is 20.1 Å². The molecule has 6 nitrogen and oxygen atoms in total. The maximum absolute atomic E-state index is 12.4. The first kappa shape index (κ1) is 18.2. The number of nitrogens with zero attached hydrogens (tertiary/aromatic N) is 3.